The Kier molecular flexibility index (Phi) is 2.85. The Labute approximate surface area is 81.9 Å². The Morgan fingerprint density at radius 3 is 3.15 bits per heavy atom. The SMILES string of the molecule is Cc1nc(SCC2CCCN2)n[nH]1. The van der Waals surface area contributed by atoms with Gasteiger partial charge in [0, 0.05) is 11.8 Å². The van der Waals surface area contributed by atoms with Crippen molar-refractivity contribution in [3.63, 3.8) is 0 Å². The predicted octanol–water partition coefficient (Wildman–Crippen LogP) is 0.957. The average Bonchev–Trinajstić information content (AvgIpc) is 2.71. The smallest absolute Gasteiger partial charge is 0.208 e. The number of hydrogen-bond acceptors (Lipinski definition) is 4. The van der Waals surface area contributed by atoms with Crippen molar-refractivity contribution in [1.82, 2.24) is 20.5 Å². The number of aromatic amines is 1. The van der Waals surface area contributed by atoms with E-state index in [2.05, 4.69) is 20.5 Å². The number of hydrogen-bond donors (Lipinski definition) is 2. The Bertz CT molecular complexity index is 267. The molecule has 5 heteroatoms. The molecule has 1 unspecified atom stereocenters. The Hall–Kier alpha value is -0.550. The van der Waals surface area contributed by atoms with E-state index in [1.165, 1.54) is 12.8 Å². The van der Waals surface area contributed by atoms with E-state index in [1.807, 2.05) is 6.92 Å². The van der Waals surface area contributed by atoms with E-state index in [-0.39, 0.29) is 0 Å². The molecule has 2 N–H and O–H groups in total. The summed E-state index contributed by atoms with van der Waals surface area (Å²) >= 11 is 1.72. The minimum absolute atomic E-state index is 0.656. The van der Waals surface area contributed by atoms with Gasteiger partial charge in [0.15, 0.2) is 0 Å². The Morgan fingerprint density at radius 1 is 1.62 bits per heavy atom. The predicted molar refractivity (Wildman–Crippen MR) is 52.9 cm³/mol. The molecule has 0 bridgehead atoms. The molecule has 4 nitrogen and oxygen atoms in total. The zero-order chi connectivity index (χ0) is 9.10. The maximum atomic E-state index is 4.24. The number of aromatic nitrogens is 3. The summed E-state index contributed by atoms with van der Waals surface area (Å²) in [6.45, 7) is 3.09. The number of aryl methyl sites for hydroxylation is 1. The summed E-state index contributed by atoms with van der Waals surface area (Å²) < 4.78 is 0. The van der Waals surface area contributed by atoms with Crippen LogP contribution < -0.4 is 5.32 Å². The fraction of sp³-hybridized carbons (Fsp3) is 0.750. The number of thioether (sulfide) groups is 1. The van der Waals surface area contributed by atoms with Crippen LogP contribution in [0.25, 0.3) is 0 Å². The van der Waals surface area contributed by atoms with Gasteiger partial charge in [0.05, 0.1) is 0 Å². The second kappa shape index (κ2) is 4.11. The molecule has 1 fully saturated rings. The summed E-state index contributed by atoms with van der Waals surface area (Å²) in [5.74, 6) is 1.97. The van der Waals surface area contributed by atoms with Crippen molar-refractivity contribution in [2.75, 3.05) is 12.3 Å². The van der Waals surface area contributed by atoms with Crippen LogP contribution in [0.3, 0.4) is 0 Å². The minimum Gasteiger partial charge on any atom is -0.313 e. The first-order valence-corrected chi connectivity index (χ1v) is 5.58. The second-order valence-corrected chi connectivity index (χ2v) is 4.29. The van der Waals surface area contributed by atoms with E-state index in [1.54, 1.807) is 11.8 Å². The van der Waals surface area contributed by atoms with Gasteiger partial charge < -0.3 is 5.32 Å². The van der Waals surface area contributed by atoms with Crippen LogP contribution >= 0.6 is 11.8 Å². The largest absolute Gasteiger partial charge is 0.313 e. The third kappa shape index (κ3) is 2.45. The van der Waals surface area contributed by atoms with Crippen LogP contribution in [0.1, 0.15) is 18.7 Å². The van der Waals surface area contributed by atoms with Crippen molar-refractivity contribution in [2.24, 2.45) is 0 Å². The van der Waals surface area contributed by atoms with Crippen molar-refractivity contribution in [2.45, 2.75) is 31.0 Å². The zero-order valence-corrected chi connectivity index (χ0v) is 8.52. The standard InChI is InChI=1S/C8H14N4S/c1-6-10-8(12-11-6)13-5-7-3-2-4-9-7/h7,9H,2-5H2,1H3,(H,10,11,12). The van der Waals surface area contributed by atoms with Crippen LogP contribution in [-0.2, 0) is 0 Å². The maximum Gasteiger partial charge on any atom is 0.208 e. The van der Waals surface area contributed by atoms with E-state index in [9.17, 15) is 0 Å². The van der Waals surface area contributed by atoms with Gasteiger partial charge in [-0.05, 0) is 26.3 Å². The summed E-state index contributed by atoms with van der Waals surface area (Å²) in [7, 11) is 0. The molecule has 1 aromatic heterocycles. The molecule has 0 saturated carbocycles. The Morgan fingerprint density at radius 2 is 2.54 bits per heavy atom. The van der Waals surface area contributed by atoms with Crippen molar-refractivity contribution in [3.05, 3.63) is 5.82 Å². The van der Waals surface area contributed by atoms with Crippen LogP contribution in [0.2, 0.25) is 0 Å². The van der Waals surface area contributed by atoms with Crippen LogP contribution in [-0.4, -0.2) is 33.5 Å². The first-order chi connectivity index (χ1) is 6.34. The lowest BCUT2D eigenvalue weighted by molar-refractivity contribution is 0.673. The number of nitrogens with one attached hydrogen (secondary N) is 2. The Balaban J connectivity index is 1.78. The van der Waals surface area contributed by atoms with Crippen molar-refractivity contribution >= 4 is 11.8 Å². The molecule has 1 saturated heterocycles. The van der Waals surface area contributed by atoms with Crippen molar-refractivity contribution in [1.29, 1.82) is 0 Å². The summed E-state index contributed by atoms with van der Waals surface area (Å²) in [5.41, 5.74) is 0. The highest BCUT2D eigenvalue weighted by molar-refractivity contribution is 7.99. The van der Waals surface area contributed by atoms with E-state index < -0.39 is 0 Å². The molecule has 0 aliphatic carbocycles. The zero-order valence-electron chi connectivity index (χ0n) is 7.71. The molecular weight excluding hydrogens is 184 g/mol. The first-order valence-electron chi connectivity index (χ1n) is 4.60. The summed E-state index contributed by atoms with van der Waals surface area (Å²) in [6, 6.07) is 0.656. The number of nitrogens with zero attached hydrogens (tertiary/aromatic N) is 2. The van der Waals surface area contributed by atoms with Crippen LogP contribution in [0.15, 0.2) is 5.16 Å². The lowest BCUT2D eigenvalue weighted by atomic mass is 10.3. The van der Waals surface area contributed by atoms with Gasteiger partial charge in [-0.1, -0.05) is 11.8 Å². The molecular formula is C8H14N4S. The molecule has 0 amide bonds. The van der Waals surface area contributed by atoms with E-state index >= 15 is 0 Å². The number of H-pyrrole nitrogens is 1. The third-order valence-electron chi connectivity index (χ3n) is 2.15. The van der Waals surface area contributed by atoms with Crippen LogP contribution in [0.4, 0.5) is 0 Å². The quantitative estimate of drug-likeness (QED) is 0.710. The lowest BCUT2D eigenvalue weighted by Gasteiger charge is -2.06. The second-order valence-electron chi connectivity index (χ2n) is 3.31. The molecule has 0 spiro atoms. The third-order valence-corrected chi connectivity index (χ3v) is 3.16. The molecule has 1 aliphatic rings. The summed E-state index contributed by atoms with van der Waals surface area (Å²) in [5, 5.41) is 11.2. The lowest BCUT2D eigenvalue weighted by Crippen LogP contribution is -2.23. The van der Waals surface area contributed by atoms with Crippen LogP contribution in [0, 0.1) is 6.92 Å². The number of rotatable bonds is 3. The van der Waals surface area contributed by atoms with Gasteiger partial charge in [-0.25, -0.2) is 4.98 Å². The highest BCUT2D eigenvalue weighted by Gasteiger charge is 2.14. The van der Waals surface area contributed by atoms with Crippen molar-refractivity contribution in [3.8, 4) is 0 Å². The van der Waals surface area contributed by atoms with Gasteiger partial charge in [0.2, 0.25) is 5.16 Å². The first kappa shape index (κ1) is 9.02. The molecule has 0 aromatic carbocycles. The van der Waals surface area contributed by atoms with E-state index in [0.717, 1.165) is 23.3 Å². The molecule has 1 aliphatic heterocycles. The summed E-state index contributed by atoms with van der Waals surface area (Å²) in [6.07, 6.45) is 2.59. The normalized spacial score (nSPS) is 22.4. The molecule has 1 atom stereocenters. The van der Waals surface area contributed by atoms with Gasteiger partial charge >= 0.3 is 0 Å². The van der Waals surface area contributed by atoms with Gasteiger partial charge in [-0.3, -0.25) is 5.10 Å². The highest BCUT2D eigenvalue weighted by atomic mass is 32.2. The molecule has 72 valence electrons. The molecule has 2 heterocycles. The molecule has 0 radical (unpaired) electrons. The fourth-order valence-electron chi connectivity index (χ4n) is 1.46. The van der Waals surface area contributed by atoms with E-state index in [0.29, 0.717) is 6.04 Å². The molecule has 2 rings (SSSR count). The molecule has 13 heavy (non-hydrogen) atoms. The van der Waals surface area contributed by atoms with E-state index in [4.69, 9.17) is 0 Å². The topological polar surface area (TPSA) is 53.6 Å². The maximum absolute atomic E-state index is 4.24. The summed E-state index contributed by atoms with van der Waals surface area (Å²) in [4.78, 5) is 4.24. The highest BCUT2D eigenvalue weighted by Crippen LogP contribution is 2.17. The fourth-order valence-corrected chi connectivity index (χ4v) is 2.41. The van der Waals surface area contributed by atoms with Gasteiger partial charge in [-0.15, -0.1) is 5.10 Å². The van der Waals surface area contributed by atoms with Crippen molar-refractivity contribution < 1.29 is 0 Å². The van der Waals surface area contributed by atoms with Crippen LogP contribution in [0.5, 0.6) is 0 Å². The van der Waals surface area contributed by atoms with Gasteiger partial charge in [-0.2, -0.15) is 0 Å². The monoisotopic (exact) mass is 198 g/mol. The average molecular weight is 198 g/mol. The molecule has 1 aromatic rings. The van der Waals surface area contributed by atoms with Gasteiger partial charge in [0.25, 0.3) is 0 Å². The van der Waals surface area contributed by atoms with Gasteiger partial charge in [0.1, 0.15) is 5.82 Å². The minimum atomic E-state index is 0.656.